The average Bonchev–Trinajstić information content (AvgIpc) is 2.15. The fraction of sp³-hybridized carbons (Fsp3) is 0.833. The van der Waals surface area contributed by atoms with Gasteiger partial charge in [0.15, 0.2) is 0 Å². The van der Waals surface area contributed by atoms with Crippen LogP contribution in [0.4, 0.5) is 0 Å². The molecule has 1 atom stereocenters. The molecule has 0 aliphatic rings. The van der Waals surface area contributed by atoms with E-state index in [2.05, 4.69) is 5.32 Å². The largest absolute Gasteiger partial charge is 0.481 e. The molecule has 0 rings (SSSR count). The second kappa shape index (κ2) is 5.49. The molecule has 0 bridgehead atoms. The molecule has 0 aliphatic heterocycles. The van der Waals surface area contributed by atoms with Gasteiger partial charge in [0.05, 0.1) is 11.3 Å². The molecule has 0 aromatic rings. The van der Waals surface area contributed by atoms with Crippen molar-refractivity contribution in [2.45, 2.75) is 46.6 Å². The summed E-state index contributed by atoms with van der Waals surface area (Å²) in [4.78, 5) is 22.5. The Labute approximate surface area is 103 Å². The van der Waals surface area contributed by atoms with Crippen LogP contribution in [0, 0.1) is 11.3 Å². The lowest BCUT2D eigenvalue weighted by Gasteiger charge is -2.36. The zero-order valence-corrected chi connectivity index (χ0v) is 11.3. The van der Waals surface area contributed by atoms with Crippen LogP contribution in [0.2, 0.25) is 0 Å². The maximum atomic E-state index is 11.9. The van der Waals surface area contributed by atoms with E-state index < -0.39 is 22.8 Å². The molecule has 4 N–H and O–H groups in total. The summed E-state index contributed by atoms with van der Waals surface area (Å²) in [7, 11) is 0. The first-order valence-electron chi connectivity index (χ1n) is 5.80. The van der Waals surface area contributed by atoms with Crippen molar-refractivity contribution in [3.63, 3.8) is 0 Å². The monoisotopic (exact) mass is 244 g/mol. The van der Waals surface area contributed by atoms with Gasteiger partial charge in [-0.3, -0.25) is 9.59 Å². The van der Waals surface area contributed by atoms with Gasteiger partial charge in [0.25, 0.3) is 0 Å². The number of amides is 1. The first-order valence-corrected chi connectivity index (χ1v) is 5.80. The summed E-state index contributed by atoms with van der Waals surface area (Å²) < 4.78 is 0. The molecule has 5 nitrogen and oxygen atoms in total. The third-order valence-electron chi connectivity index (χ3n) is 3.46. The number of carboxylic acid groups (broad SMARTS) is 1. The minimum absolute atomic E-state index is 0.150. The van der Waals surface area contributed by atoms with E-state index in [1.54, 1.807) is 34.6 Å². The van der Waals surface area contributed by atoms with E-state index in [0.29, 0.717) is 13.0 Å². The van der Waals surface area contributed by atoms with Gasteiger partial charge in [0.1, 0.15) is 0 Å². The molecule has 0 saturated carbocycles. The Morgan fingerprint density at radius 3 is 2.12 bits per heavy atom. The van der Waals surface area contributed by atoms with Crippen LogP contribution in [-0.2, 0) is 9.59 Å². The smallest absolute Gasteiger partial charge is 0.306 e. The zero-order chi connectivity index (χ0) is 13.9. The highest BCUT2D eigenvalue weighted by atomic mass is 16.4. The summed E-state index contributed by atoms with van der Waals surface area (Å²) in [5, 5.41) is 11.4. The van der Waals surface area contributed by atoms with Crippen molar-refractivity contribution < 1.29 is 14.7 Å². The Balaban J connectivity index is 4.25. The van der Waals surface area contributed by atoms with Gasteiger partial charge < -0.3 is 16.2 Å². The Morgan fingerprint density at radius 2 is 1.76 bits per heavy atom. The minimum Gasteiger partial charge on any atom is -0.481 e. The molecule has 0 aliphatic carbocycles. The number of aliphatic carboxylic acids is 1. The molecular formula is C12H24N2O3. The zero-order valence-electron chi connectivity index (χ0n) is 11.3. The fourth-order valence-electron chi connectivity index (χ4n) is 1.04. The predicted molar refractivity (Wildman–Crippen MR) is 66.5 cm³/mol. The fourth-order valence-corrected chi connectivity index (χ4v) is 1.04. The van der Waals surface area contributed by atoms with Crippen LogP contribution >= 0.6 is 0 Å². The minimum atomic E-state index is -0.849. The summed E-state index contributed by atoms with van der Waals surface area (Å²) in [6.07, 6.45) is 0.419. The second-order valence-electron chi connectivity index (χ2n) is 5.63. The van der Waals surface area contributed by atoms with Crippen molar-refractivity contribution >= 4 is 11.9 Å². The number of carbonyl (C=O) groups excluding carboxylic acids is 1. The number of hydrogen-bond donors (Lipinski definition) is 3. The van der Waals surface area contributed by atoms with E-state index in [1.807, 2.05) is 0 Å². The summed E-state index contributed by atoms with van der Waals surface area (Å²) in [6.45, 7) is 9.13. The van der Waals surface area contributed by atoms with Gasteiger partial charge in [-0.25, -0.2) is 0 Å². The lowest BCUT2D eigenvalue weighted by Crippen LogP contribution is -2.55. The van der Waals surface area contributed by atoms with E-state index in [-0.39, 0.29) is 5.91 Å². The molecule has 0 spiro atoms. The molecular weight excluding hydrogens is 220 g/mol. The van der Waals surface area contributed by atoms with Crippen molar-refractivity contribution in [1.82, 2.24) is 5.32 Å². The highest BCUT2D eigenvalue weighted by molar-refractivity contribution is 5.83. The van der Waals surface area contributed by atoms with Crippen LogP contribution in [0.5, 0.6) is 0 Å². The molecule has 100 valence electrons. The third kappa shape index (κ3) is 4.34. The summed E-state index contributed by atoms with van der Waals surface area (Å²) in [6, 6.07) is 0. The number of hydrogen-bond acceptors (Lipinski definition) is 3. The van der Waals surface area contributed by atoms with Gasteiger partial charge in [0, 0.05) is 12.1 Å². The number of nitrogens with two attached hydrogens (primary N) is 1. The van der Waals surface area contributed by atoms with E-state index in [1.165, 1.54) is 0 Å². The van der Waals surface area contributed by atoms with Crippen LogP contribution in [0.15, 0.2) is 0 Å². The van der Waals surface area contributed by atoms with Crippen LogP contribution < -0.4 is 11.1 Å². The van der Waals surface area contributed by atoms with E-state index >= 15 is 0 Å². The molecule has 0 aromatic heterocycles. The van der Waals surface area contributed by atoms with Crippen molar-refractivity contribution in [1.29, 1.82) is 0 Å². The molecule has 0 radical (unpaired) electrons. The van der Waals surface area contributed by atoms with Gasteiger partial charge >= 0.3 is 5.97 Å². The van der Waals surface area contributed by atoms with E-state index in [4.69, 9.17) is 10.8 Å². The van der Waals surface area contributed by atoms with Crippen LogP contribution in [0.1, 0.15) is 41.0 Å². The van der Waals surface area contributed by atoms with Crippen molar-refractivity contribution in [3.8, 4) is 0 Å². The number of nitrogens with one attached hydrogen (secondary N) is 1. The van der Waals surface area contributed by atoms with Crippen LogP contribution in [-0.4, -0.2) is 29.1 Å². The van der Waals surface area contributed by atoms with Crippen LogP contribution in [0.3, 0.4) is 0 Å². The number of rotatable bonds is 6. The SMILES string of the molecule is CC(CCNC(=O)C(C)(C)C(C)(C)N)C(=O)O. The Kier molecular flexibility index (Phi) is 5.13. The normalized spacial score (nSPS) is 14.2. The topological polar surface area (TPSA) is 92.4 Å². The van der Waals surface area contributed by atoms with Gasteiger partial charge in [-0.05, 0) is 34.1 Å². The maximum absolute atomic E-state index is 11.9. The second-order valence-corrected chi connectivity index (χ2v) is 5.63. The van der Waals surface area contributed by atoms with E-state index in [0.717, 1.165) is 0 Å². The summed E-state index contributed by atoms with van der Waals surface area (Å²) in [5.74, 6) is -1.45. The highest BCUT2D eigenvalue weighted by Gasteiger charge is 2.40. The van der Waals surface area contributed by atoms with Crippen molar-refractivity contribution in [3.05, 3.63) is 0 Å². The van der Waals surface area contributed by atoms with Crippen molar-refractivity contribution in [2.75, 3.05) is 6.54 Å². The number of carbonyl (C=O) groups is 2. The summed E-state index contributed by atoms with van der Waals surface area (Å²) >= 11 is 0. The highest BCUT2D eigenvalue weighted by Crippen LogP contribution is 2.28. The van der Waals surface area contributed by atoms with E-state index in [9.17, 15) is 9.59 Å². The molecule has 5 heteroatoms. The van der Waals surface area contributed by atoms with Crippen LogP contribution in [0.25, 0.3) is 0 Å². The molecule has 17 heavy (non-hydrogen) atoms. The molecule has 0 fully saturated rings. The predicted octanol–water partition coefficient (Wildman–Crippen LogP) is 0.977. The lowest BCUT2D eigenvalue weighted by atomic mass is 9.74. The molecule has 0 heterocycles. The van der Waals surface area contributed by atoms with Gasteiger partial charge in [0.2, 0.25) is 5.91 Å². The van der Waals surface area contributed by atoms with Gasteiger partial charge in [-0.2, -0.15) is 0 Å². The Morgan fingerprint density at radius 1 is 1.29 bits per heavy atom. The molecule has 0 aromatic carbocycles. The number of carboxylic acids is 1. The third-order valence-corrected chi connectivity index (χ3v) is 3.46. The molecule has 1 unspecified atom stereocenters. The standard InChI is InChI=1S/C12H24N2O3/c1-8(9(15)16)6-7-14-10(17)11(2,3)12(4,5)13/h8H,6-7,13H2,1-5H3,(H,14,17)(H,15,16). The first-order chi connectivity index (χ1) is 7.50. The molecule has 1 amide bonds. The summed E-state index contributed by atoms with van der Waals surface area (Å²) in [5.41, 5.74) is 4.61. The maximum Gasteiger partial charge on any atom is 0.306 e. The average molecular weight is 244 g/mol. The Hall–Kier alpha value is -1.10. The van der Waals surface area contributed by atoms with Gasteiger partial charge in [-0.15, -0.1) is 0 Å². The quantitative estimate of drug-likeness (QED) is 0.649. The first kappa shape index (κ1) is 15.9. The molecule has 0 saturated heterocycles. The lowest BCUT2D eigenvalue weighted by molar-refractivity contribution is -0.141. The van der Waals surface area contributed by atoms with Gasteiger partial charge in [-0.1, -0.05) is 6.92 Å². The Bertz CT molecular complexity index is 293. The van der Waals surface area contributed by atoms with Crippen molar-refractivity contribution in [2.24, 2.45) is 17.1 Å².